The molecular formula is C19H35N3O3S. The maximum Gasteiger partial charge on any atom is 0.315 e. The van der Waals surface area contributed by atoms with Crippen molar-refractivity contribution in [1.29, 1.82) is 0 Å². The standard InChI is InChI=1S/C19H35N3O3S/c1-14(23)26-13-9-5-6-12-16(21-18(25)22-19(2,3)4)17(24)20-15-10-7-8-11-15/h15-16H,5-13H2,1-4H3,(H,20,24)(H2,21,22,25)/t16-/m0/s1. The highest BCUT2D eigenvalue weighted by atomic mass is 32.2. The van der Waals surface area contributed by atoms with E-state index in [0.29, 0.717) is 6.42 Å². The highest BCUT2D eigenvalue weighted by molar-refractivity contribution is 8.13. The van der Waals surface area contributed by atoms with Gasteiger partial charge >= 0.3 is 6.03 Å². The number of urea groups is 1. The molecule has 1 saturated carbocycles. The molecule has 1 aliphatic carbocycles. The van der Waals surface area contributed by atoms with Crippen LogP contribution < -0.4 is 16.0 Å². The third-order valence-electron chi connectivity index (χ3n) is 4.25. The summed E-state index contributed by atoms with van der Waals surface area (Å²) in [6.45, 7) is 7.30. The summed E-state index contributed by atoms with van der Waals surface area (Å²) in [4.78, 5) is 35.7. The average molecular weight is 386 g/mol. The number of unbranched alkanes of at least 4 members (excludes halogenated alkanes) is 2. The van der Waals surface area contributed by atoms with E-state index in [0.717, 1.165) is 50.7 Å². The summed E-state index contributed by atoms with van der Waals surface area (Å²) in [7, 11) is 0. The van der Waals surface area contributed by atoms with Gasteiger partial charge in [0.25, 0.3) is 0 Å². The van der Waals surface area contributed by atoms with E-state index in [-0.39, 0.29) is 28.6 Å². The number of hydrogen-bond acceptors (Lipinski definition) is 4. The molecule has 6 nitrogen and oxygen atoms in total. The van der Waals surface area contributed by atoms with Crippen LogP contribution in [0.1, 0.15) is 79.1 Å². The lowest BCUT2D eigenvalue weighted by Crippen LogP contribution is -2.54. The van der Waals surface area contributed by atoms with Crippen LogP contribution in [-0.2, 0) is 9.59 Å². The van der Waals surface area contributed by atoms with Crippen LogP contribution in [0.25, 0.3) is 0 Å². The second-order valence-electron chi connectivity index (χ2n) is 8.08. The van der Waals surface area contributed by atoms with Crippen molar-refractivity contribution in [2.45, 2.75) is 96.7 Å². The molecule has 1 rings (SSSR count). The highest BCUT2D eigenvalue weighted by Crippen LogP contribution is 2.18. The van der Waals surface area contributed by atoms with Gasteiger partial charge in [0, 0.05) is 24.3 Å². The zero-order valence-electron chi connectivity index (χ0n) is 16.7. The fraction of sp³-hybridized carbons (Fsp3) is 0.842. The van der Waals surface area contributed by atoms with Gasteiger partial charge in [-0.15, -0.1) is 0 Å². The highest BCUT2D eigenvalue weighted by Gasteiger charge is 2.25. The van der Waals surface area contributed by atoms with Gasteiger partial charge in [-0.1, -0.05) is 37.4 Å². The second-order valence-corrected chi connectivity index (χ2v) is 9.35. The normalized spacial score (nSPS) is 16.2. The van der Waals surface area contributed by atoms with Crippen LogP contribution in [0.3, 0.4) is 0 Å². The minimum atomic E-state index is -0.515. The maximum absolute atomic E-state index is 12.6. The van der Waals surface area contributed by atoms with E-state index in [9.17, 15) is 14.4 Å². The van der Waals surface area contributed by atoms with Crippen LogP contribution in [0.4, 0.5) is 4.79 Å². The molecular weight excluding hydrogens is 350 g/mol. The lowest BCUT2D eigenvalue weighted by Gasteiger charge is -2.25. The van der Waals surface area contributed by atoms with Crippen molar-refractivity contribution in [1.82, 2.24) is 16.0 Å². The molecule has 1 aliphatic rings. The molecule has 150 valence electrons. The molecule has 0 aliphatic heterocycles. The molecule has 7 heteroatoms. The Hall–Kier alpha value is -1.24. The monoisotopic (exact) mass is 385 g/mol. The third kappa shape index (κ3) is 10.7. The zero-order valence-corrected chi connectivity index (χ0v) is 17.5. The van der Waals surface area contributed by atoms with Crippen molar-refractivity contribution in [3.63, 3.8) is 0 Å². The molecule has 0 aromatic rings. The number of nitrogens with one attached hydrogen (secondary N) is 3. The summed E-state index contributed by atoms with van der Waals surface area (Å²) >= 11 is 1.34. The number of thioether (sulfide) groups is 1. The van der Waals surface area contributed by atoms with Gasteiger partial charge in [-0.3, -0.25) is 9.59 Å². The van der Waals surface area contributed by atoms with Crippen LogP contribution in [0.2, 0.25) is 0 Å². The molecule has 3 amide bonds. The predicted octanol–water partition coefficient (Wildman–Crippen LogP) is 3.35. The molecule has 0 bridgehead atoms. The van der Waals surface area contributed by atoms with Gasteiger partial charge in [-0.2, -0.15) is 0 Å². The molecule has 1 atom stereocenters. The molecule has 0 saturated heterocycles. The largest absolute Gasteiger partial charge is 0.352 e. The number of amides is 3. The fourth-order valence-corrected chi connectivity index (χ4v) is 3.65. The van der Waals surface area contributed by atoms with Crippen molar-refractivity contribution < 1.29 is 14.4 Å². The first-order valence-electron chi connectivity index (χ1n) is 9.70. The van der Waals surface area contributed by atoms with Crippen molar-refractivity contribution in [3.05, 3.63) is 0 Å². The third-order valence-corrected chi connectivity index (χ3v) is 5.15. The Bertz CT molecular complexity index is 471. The Morgan fingerprint density at radius 3 is 2.31 bits per heavy atom. The van der Waals surface area contributed by atoms with Crippen molar-refractivity contribution >= 4 is 28.8 Å². The Labute approximate surface area is 162 Å². The molecule has 0 heterocycles. The van der Waals surface area contributed by atoms with Crippen LogP contribution in [0.15, 0.2) is 0 Å². The first-order chi connectivity index (χ1) is 12.2. The van der Waals surface area contributed by atoms with Crippen LogP contribution >= 0.6 is 11.8 Å². The second kappa shape index (κ2) is 11.5. The summed E-state index contributed by atoms with van der Waals surface area (Å²) in [5.74, 6) is 0.728. The van der Waals surface area contributed by atoms with Crippen LogP contribution in [0, 0.1) is 0 Å². The minimum Gasteiger partial charge on any atom is -0.352 e. The van der Waals surface area contributed by atoms with E-state index in [1.807, 2.05) is 20.8 Å². The van der Waals surface area contributed by atoms with E-state index in [1.165, 1.54) is 11.8 Å². The molecule has 1 fully saturated rings. The Morgan fingerprint density at radius 1 is 1.08 bits per heavy atom. The summed E-state index contributed by atoms with van der Waals surface area (Å²) in [6.07, 6.45) is 7.69. The van der Waals surface area contributed by atoms with Gasteiger partial charge in [-0.05, 0) is 46.5 Å². The van der Waals surface area contributed by atoms with Gasteiger partial charge in [-0.25, -0.2) is 4.79 Å². The zero-order chi connectivity index (χ0) is 19.6. The number of rotatable bonds is 9. The van der Waals surface area contributed by atoms with Crippen molar-refractivity contribution in [2.75, 3.05) is 5.75 Å². The van der Waals surface area contributed by atoms with Gasteiger partial charge in [0.2, 0.25) is 5.91 Å². The van der Waals surface area contributed by atoms with Gasteiger partial charge in [0.05, 0.1) is 0 Å². The Kier molecular flexibility index (Phi) is 10.1. The molecule has 0 radical (unpaired) electrons. The molecule has 0 unspecified atom stereocenters. The summed E-state index contributed by atoms with van der Waals surface area (Å²) in [6, 6.07) is -0.584. The summed E-state index contributed by atoms with van der Waals surface area (Å²) in [5, 5.41) is 8.91. The lowest BCUT2D eigenvalue weighted by atomic mass is 10.1. The van der Waals surface area contributed by atoms with E-state index in [2.05, 4.69) is 16.0 Å². The number of carbonyl (C=O) groups excluding carboxylic acids is 3. The molecule has 0 aromatic heterocycles. The van der Waals surface area contributed by atoms with Crippen LogP contribution in [-0.4, -0.2) is 40.4 Å². The first-order valence-corrected chi connectivity index (χ1v) is 10.7. The molecule has 0 aromatic carbocycles. The fourth-order valence-electron chi connectivity index (χ4n) is 3.02. The minimum absolute atomic E-state index is 0.0842. The van der Waals surface area contributed by atoms with Gasteiger partial charge in [0.1, 0.15) is 6.04 Å². The van der Waals surface area contributed by atoms with Crippen molar-refractivity contribution in [2.24, 2.45) is 0 Å². The van der Waals surface area contributed by atoms with E-state index in [4.69, 9.17) is 0 Å². The smallest absolute Gasteiger partial charge is 0.315 e. The molecule has 0 spiro atoms. The average Bonchev–Trinajstić information content (AvgIpc) is 3.00. The van der Waals surface area contributed by atoms with Gasteiger partial charge < -0.3 is 16.0 Å². The topological polar surface area (TPSA) is 87.3 Å². The maximum atomic E-state index is 12.6. The quantitative estimate of drug-likeness (QED) is 0.531. The van der Waals surface area contributed by atoms with Crippen LogP contribution in [0.5, 0.6) is 0 Å². The summed E-state index contributed by atoms with van der Waals surface area (Å²) in [5.41, 5.74) is -0.347. The first kappa shape index (κ1) is 22.8. The Morgan fingerprint density at radius 2 is 1.73 bits per heavy atom. The van der Waals surface area contributed by atoms with Gasteiger partial charge in [0.15, 0.2) is 5.12 Å². The van der Waals surface area contributed by atoms with E-state index >= 15 is 0 Å². The van der Waals surface area contributed by atoms with E-state index < -0.39 is 6.04 Å². The molecule has 3 N–H and O–H groups in total. The predicted molar refractivity (Wildman–Crippen MR) is 107 cm³/mol. The summed E-state index contributed by atoms with van der Waals surface area (Å²) < 4.78 is 0. The lowest BCUT2D eigenvalue weighted by molar-refractivity contribution is -0.123. The molecule has 26 heavy (non-hydrogen) atoms. The van der Waals surface area contributed by atoms with Crippen molar-refractivity contribution in [3.8, 4) is 0 Å². The van der Waals surface area contributed by atoms with E-state index in [1.54, 1.807) is 6.92 Å². The number of carbonyl (C=O) groups is 3. The Balaban J connectivity index is 2.46. The SMILES string of the molecule is CC(=O)SCCCCC[C@H](NC(=O)NC(C)(C)C)C(=O)NC1CCCC1. The number of hydrogen-bond donors (Lipinski definition) is 3.